The number of para-hydroxylation sites is 2. The van der Waals surface area contributed by atoms with E-state index < -0.39 is 90.0 Å². The summed E-state index contributed by atoms with van der Waals surface area (Å²) in [5, 5.41) is 33.6. The molecule has 4 N–H and O–H groups in total. The van der Waals surface area contributed by atoms with Crippen LogP contribution in [0, 0.1) is 0 Å². The highest BCUT2D eigenvalue weighted by Crippen LogP contribution is 2.78. The van der Waals surface area contributed by atoms with E-state index >= 15 is 0 Å². The van der Waals surface area contributed by atoms with Crippen molar-refractivity contribution in [2.45, 2.75) is 68.7 Å². The van der Waals surface area contributed by atoms with Gasteiger partial charge in [0.2, 0.25) is 19.5 Å². The van der Waals surface area contributed by atoms with Gasteiger partial charge in [-0.3, -0.25) is 38.6 Å². The van der Waals surface area contributed by atoms with Crippen LogP contribution in [0.15, 0.2) is 48.5 Å². The Balaban J connectivity index is 1.34. The number of aliphatic hydroxyl groups is 2. The van der Waals surface area contributed by atoms with E-state index in [0.29, 0.717) is 22.5 Å². The van der Waals surface area contributed by atoms with Gasteiger partial charge in [-0.1, -0.05) is 36.4 Å². The Morgan fingerprint density at radius 3 is 1.34 bits per heavy atom. The molecule has 10 aliphatic heterocycles. The number of piperazine rings is 2. The molecule has 14 nitrogen and oxygen atoms in total. The van der Waals surface area contributed by atoms with E-state index in [1.54, 1.807) is 48.5 Å². The number of likely N-dealkylation sites (N-methyl/N-ethyl adjacent to an activating group) is 2. The summed E-state index contributed by atoms with van der Waals surface area (Å²) in [6.45, 7) is 2.50. The van der Waals surface area contributed by atoms with E-state index in [9.17, 15) is 39.0 Å². The number of amides is 4. The molecule has 0 aromatic heterocycles. The van der Waals surface area contributed by atoms with Gasteiger partial charge in [0.25, 0.3) is 23.6 Å². The highest BCUT2D eigenvalue weighted by atomic mass is 33.1. The summed E-state index contributed by atoms with van der Waals surface area (Å²) < 4.78 is 0. The van der Waals surface area contributed by atoms with Gasteiger partial charge in [-0.2, -0.15) is 0 Å². The summed E-state index contributed by atoms with van der Waals surface area (Å²) in [5.74, 6) is -3.86. The molecule has 4 bridgehead atoms. The molecule has 10 atom stereocenters. The smallest absolute Gasteiger partial charge is 0.271 e. The summed E-state index contributed by atoms with van der Waals surface area (Å²) >= 11 is 0. The molecule has 0 saturated carbocycles. The Kier molecular flexibility index (Phi) is 5.61. The third-order valence-electron chi connectivity index (χ3n) is 12.4. The summed E-state index contributed by atoms with van der Waals surface area (Å²) in [6.07, 6.45) is -6.07. The number of ketones is 2. The van der Waals surface area contributed by atoms with Gasteiger partial charge in [0.05, 0.1) is 10.8 Å². The lowest BCUT2D eigenvalue weighted by Crippen LogP contribution is -2.79. The van der Waals surface area contributed by atoms with Crippen molar-refractivity contribution in [3.63, 3.8) is 0 Å². The van der Waals surface area contributed by atoms with Crippen LogP contribution in [-0.4, -0.2) is 123 Å². The largest absolute Gasteiger partial charge is 0.388 e. The molecule has 8 fully saturated rings. The first-order valence-corrected chi connectivity index (χ1v) is 20.1. The Bertz CT molecular complexity index is 1960. The fourth-order valence-corrected chi connectivity index (χ4v) is 18.1. The van der Waals surface area contributed by atoms with Crippen LogP contribution in [0.3, 0.4) is 0 Å². The van der Waals surface area contributed by atoms with E-state index in [0.717, 1.165) is 53.0 Å². The molecule has 12 rings (SSSR count). The van der Waals surface area contributed by atoms with Crippen LogP contribution in [0.2, 0.25) is 0 Å². The molecule has 2 aromatic rings. The van der Waals surface area contributed by atoms with Crippen molar-refractivity contribution >= 4 is 89.7 Å². The van der Waals surface area contributed by atoms with Gasteiger partial charge in [0, 0.05) is 25.5 Å². The Hall–Kier alpha value is -3.42. The number of anilines is 2. The lowest BCUT2D eigenvalue weighted by atomic mass is 9.52. The minimum Gasteiger partial charge on any atom is -0.388 e. The second-order valence-electron chi connectivity index (χ2n) is 13.9. The fraction of sp³-hybridized carbons (Fsp3) is 0.438. The number of aliphatic hydroxyl groups excluding tert-OH is 2. The molecule has 50 heavy (non-hydrogen) atoms. The third-order valence-corrected chi connectivity index (χ3v) is 19.7. The van der Waals surface area contributed by atoms with Crippen molar-refractivity contribution in [2.24, 2.45) is 0 Å². The summed E-state index contributed by atoms with van der Waals surface area (Å²) in [4.78, 5) is 83.0. The topological polar surface area (TPSA) is 180 Å². The van der Waals surface area contributed by atoms with Crippen molar-refractivity contribution in [2.75, 3.05) is 24.7 Å². The predicted octanol–water partition coefficient (Wildman–Crippen LogP) is 0.469. The molecular formula is C32H28N6O8S4. The fourth-order valence-electron chi connectivity index (χ4n) is 10.4. The first kappa shape index (κ1) is 31.3. The molecule has 2 aromatic carbocycles. The Morgan fingerprint density at radius 1 is 0.620 bits per heavy atom. The molecule has 4 amide bonds. The highest BCUT2D eigenvalue weighted by molar-refractivity contribution is 8.78. The number of Topliss-reactive ketones (excluding diaryl/α,β-unsaturated/α-hetero) is 2. The number of nitrogens with zero attached hydrogens (tertiary/aromatic N) is 4. The van der Waals surface area contributed by atoms with Crippen LogP contribution in [0.4, 0.5) is 11.4 Å². The lowest BCUT2D eigenvalue weighted by molar-refractivity contribution is -0.170. The van der Waals surface area contributed by atoms with E-state index in [4.69, 9.17) is 0 Å². The number of hydrogen-bond acceptors (Lipinski definition) is 14. The van der Waals surface area contributed by atoms with Gasteiger partial charge in [-0.05, 0) is 80.3 Å². The summed E-state index contributed by atoms with van der Waals surface area (Å²) in [6, 6.07) is 14.1. The standard InChI is InChI=1S/C32H28N6O8S4/c1-13(39)29-25(45)37-21-27(15-9-5-7-11-17(15)33-21,19(41)31(37,49-47-29)23(43)35(29)3)28-16-10-6-8-12-18(16)34-22(28)38-26(46)30(14(2)40)36(4)24(44)32(38,20(28)42)50-48-30/h5-12,19-22,33-34,41-42H,1-4H3/t19-,20-,21+,22+,27?,28?,29+,30+,31-,32-/m0/s1. The van der Waals surface area contributed by atoms with Crippen molar-refractivity contribution in [1.29, 1.82) is 0 Å². The van der Waals surface area contributed by atoms with E-state index in [-0.39, 0.29) is 0 Å². The molecule has 258 valence electrons. The van der Waals surface area contributed by atoms with Gasteiger partial charge >= 0.3 is 0 Å². The minimum absolute atomic E-state index is 0.455. The Labute approximate surface area is 300 Å². The minimum atomic E-state index is -1.98. The molecule has 8 saturated heterocycles. The van der Waals surface area contributed by atoms with Crippen molar-refractivity contribution in [1.82, 2.24) is 19.6 Å². The third kappa shape index (κ3) is 2.57. The normalized spacial score (nSPS) is 44.0. The van der Waals surface area contributed by atoms with Gasteiger partial charge < -0.3 is 30.6 Å². The molecular weight excluding hydrogens is 725 g/mol. The maximum Gasteiger partial charge on any atom is 0.271 e. The zero-order chi connectivity index (χ0) is 35.3. The van der Waals surface area contributed by atoms with Gasteiger partial charge in [0.15, 0.2) is 11.6 Å². The molecule has 18 heteroatoms. The number of rotatable bonds is 3. The van der Waals surface area contributed by atoms with Crippen molar-refractivity contribution < 1.29 is 39.0 Å². The van der Waals surface area contributed by atoms with Gasteiger partial charge in [-0.25, -0.2) is 0 Å². The van der Waals surface area contributed by atoms with Crippen molar-refractivity contribution in [3.05, 3.63) is 59.7 Å². The average Bonchev–Trinajstić information content (AvgIpc) is 3.74. The van der Waals surface area contributed by atoms with Crippen LogP contribution in [0.1, 0.15) is 25.0 Å². The number of carbonyl (C=O) groups excluding carboxylic acids is 6. The molecule has 0 aliphatic carbocycles. The maximum absolute atomic E-state index is 14.9. The number of fused-ring (bicyclic) bond motifs is 11. The van der Waals surface area contributed by atoms with Crippen LogP contribution >= 0.6 is 43.2 Å². The van der Waals surface area contributed by atoms with Crippen LogP contribution in [0.5, 0.6) is 0 Å². The molecule has 10 heterocycles. The van der Waals surface area contributed by atoms with Gasteiger partial charge in [-0.15, -0.1) is 0 Å². The van der Waals surface area contributed by atoms with E-state index in [2.05, 4.69) is 10.6 Å². The zero-order valence-corrected chi connectivity index (χ0v) is 30.0. The number of hydrogen-bond donors (Lipinski definition) is 4. The summed E-state index contributed by atoms with van der Waals surface area (Å²) in [7, 11) is 6.44. The predicted molar refractivity (Wildman–Crippen MR) is 185 cm³/mol. The second kappa shape index (κ2) is 8.95. The number of nitrogens with one attached hydrogen (secondary N) is 2. The first-order valence-electron chi connectivity index (χ1n) is 15.8. The summed E-state index contributed by atoms with van der Waals surface area (Å²) in [5.41, 5.74) is -1.77. The molecule has 2 spiro atoms. The number of carbonyl (C=O) groups is 6. The van der Waals surface area contributed by atoms with E-state index in [1.165, 1.54) is 37.7 Å². The number of benzene rings is 2. The first-order chi connectivity index (χ1) is 23.7. The molecule has 0 radical (unpaired) electrons. The van der Waals surface area contributed by atoms with Gasteiger partial charge in [0.1, 0.15) is 24.5 Å². The van der Waals surface area contributed by atoms with Crippen LogP contribution in [-0.2, 0) is 39.6 Å². The maximum atomic E-state index is 14.9. The second-order valence-corrected chi connectivity index (χ2v) is 19.0. The van der Waals surface area contributed by atoms with Crippen LogP contribution in [0.25, 0.3) is 0 Å². The zero-order valence-electron chi connectivity index (χ0n) is 26.7. The quantitative estimate of drug-likeness (QED) is 0.251. The average molecular weight is 753 g/mol. The lowest BCUT2D eigenvalue weighted by Gasteiger charge is -2.58. The SMILES string of the molecule is CC(=O)[C@]12SS[C@]3(C(=O)N1C)[C@@H](O)C1(C45c6ccccc6N[C@@H]4N4C(=O)[C@@]6(C(C)=O)SS[C@]4(C(=O)N6C)[C@H]5O)c4ccccc4N[C@@H]1N3C2=O. The van der Waals surface area contributed by atoms with E-state index in [1.807, 2.05) is 0 Å². The molecule has 10 aliphatic rings. The monoisotopic (exact) mass is 752 g/mol. The van der Waals surface area contributed by atoms with Crippen molar-refractivity contribution in [3.8, 4) is 0 Å². The molecule has 2 unspecified atom stereocenters. The Morgan fingerprint density at radius 2 is 0.980 bits per heavy atom. The van der Waals surface area contributed by atoms with Crippen LogP contribution < -0.4 is 10.6 Å². The highest BCUT2D eigenvalue weighted by Gasteiger charge is 2.93.